The Bertz CT molecular complexity index is 350. The van der Waals surface area contributed by atoms with Gasteiger partial charge >= 0.3 is 0 Å². The predicted molar refractivity (Wildman–Crippen MR) is 57.5 cm³/mol. The van der Waals surface area contributed by atoms with E-state index in [0.29, 0.717) is 28.9 Å². The zero-order chi connectivity index (χ0) is 10.8. The standard InChI is InChI=1S/C11H13FO2S/c1-7(13)9-3-2-4-10(12)11(9)15-8-5-14-6-8/h2-4,7-8,13H,5-6H2,1H3/t7-/m1/s1. The van der Waals surface area contributed by atoms with Crippen LogP contribution in [-0.4, -0.2) is 23.6 Å². The van der Waals surface area contributed by atoms with E-state index in [1.807, 2.05) is 0 Å². The summed E-state index contributed by atoms with van der Waals surface area (Å²) < 4.78 is 18.6. The van der Waals surface area contributed by atoms with Crippen LogP contribution in [0.1, 0.15) is 18.6 Å². The molecule has 1 heterocycles. The first-order valence-corrected chi connectivity index (χ1v) is 5.77. The molecule has 82 valence electrons. The molecular formula is C11H13FO2S. The predicted octanol–water partition coefficient (Wildman–Crippen LogP) is 2.37. The van der Waals surface area contributed by atoms with E-state index in [1.54, 1.807) is 19.1 Å². The number of thioether (sulfide) groups is 1. The molecule has 0 unspecified atom stereocenters. The zero-order valence-corrected chi connectivity index (χ0v) is 9.26. The van der Waals surface area contributed by atoms with Crippen LogP contribution < -0.4 is 0 Å². The highest BCUT2D eigenvalue weighted by atomic mass is 32.2. The minimum atomic E-state index is -0.635. The van der Waals surface area contributed by atoms with Crippen LogP contribution in [0.3, 0.4) is 0 Å². The van der Waals surface area contributed by atoms with E-state index < -0.39 is 6.10 Å². The molecule has 1 N–H and O–H groups in total. The Hall–Kier alpha value is -0.580. The van der Waals surface area contributed by atoms with Gasteiger partial charge in [-0.15, -0.1) is 11.8 Å². The van der Waals surface area contributed by atoms with Gasteiger partial charge in [0.15, 0.2) is 0 Å². The van der Waals surface area contributed by atoms with Crippen LogP contribution in [0.5, 0.6) is 0 Å². The average molecular weight is 228 g/mol. The molecule has 2 nitrogen and oxygen atoms in total. The summed E-state index contributed by atoms with van der Waals surface area (Å²) in [6.07, 6.45) is -0.635. The first-order chi connectivity index (χ1) is 7.18. The lowest BCUT2D eigenvalue weighted by atomic mass is 10.1. The Balaban J connectivity index is 2.25. The second kappa shape index (κ2) is 4.51. The highest BCUT2D eigenvalue weighted by Crippen LogP contribution is 2.35. The molecule has 1 aromatic carbocycles. The molecule has 15 heavy (non-hydrogen) atoms. The fraction of sp³-hybridized carbons (Fsp3) is 0.455. The number of halogens is 1. The molecule has 0 aliphatic carbocycles. The summed E-state index contributed by atoms with van der Waals surface area (Å²) in [5, 5.41) is 9.84. The van der Waals surface area contributed by atoms with Crippen molar-refractivity contribution in [3.63, 3.8) is 0 Å². The highest BCUT2D eigenvalue weighted by Gasteiger charge is 2.23. The quantitative estimate of drug-likeness (QED) is 0.861. The van der Waals surface area contributed by atoms with Crippen molar-refractivity contribution in [2.45, 2.75) is 23.2 Å². The van der Waals surface area contributed by atoms with Gasteiger partial charge in [0.1, 0.15) is 5.82 Å². The Labute approximate surface area is 92.4 Å². The van der Waals surface area contributed by atoms with Gasteiger partial charge in [0.05, 0.1) is 24.6 Å². The lowest BCUT2D eigenvalue weighted by molar-refractivity contribution is 0.0454. The normalized spacial score (nSPS) is 18.6. The van der Waals surface area contributed by atoms with Gasteiger partial charge in [-0.25, -0.2) is 4.39 Å². The Morgan fingerprint density at radius 1 is 1.53 bits per heavy atom. The molecule has 1 aromatic rings. The monoisotopic (exact) mass is 228 g/mol. The van der Waals surface area contributed by atoms with E-state index in [1.165, 1.54) is 17.8 Å². The molecule has 1 fully saturated rings. The topological polar surface area (TPSA) is 29.5 Å². The number of hydrogen-bond acceptors (Lipinski definition) is 3. The Morgan fingerprint density at radius 2 is 2.27 bits per heavy atom. The summed E-state index contributed by atoms with van der Waals surface area (Å²) in [5.74, 6) is -0.259. The molecule has 4 heteroatoms. The second-order valence-corrected chi connectivity index (χ2v) is 4.92. The Kier molecular flexibility index (Phi) is 3.29. The van der Waals surface area contributed by atoms with Gasteiger partial charge in [0, 0.05) is 4.90 Å². The average Bonchev–Trinajstić information content (AvgIpc) is 2.12. The lowest BCUT2D eigenvalue weighted by Gasteiger charge is -2.26. The third kappa shape index (κ3) is 2.33. The molecule has 0 saturated carbocycles. The summed E-state index contributed by atoms with van der Waals surface area (Å²) in [6.45, 7) is 2.98. The van der Waals surface area contributed by atoms with Gasteiger partial charge in [-0.1, -0.05) is 12.1 Å². The van der Waals surface area contributed by atoms with Crippen molar-refractivity contribution in [3.8, 4) is 0 Å². The summed E-state index contributed by atoms with van der Waals surface area (Å²) in [7, 11) is 0. The van der Waals surface area contributed by atoms with Crippen molar-refractivity contribution in [2.75, 3.05) is 13.2 Å². The highest BCUT2D eigenvalue weighted by molar-refractivity contribution is 8.00. The summed E-state index contributed by atoms with van der Waals surface area (Å²) in [5.41, 5.74) is 0.659. The molecule has 0 radical (unpaired) electrons. The summed E-state index contributed by atoms with van der Waals surface area (Å²) in [4.78, 5) is 0.556. The summed E-state index contributed by atoms with van der Waals surface area (Å²) in [6, 6.07) is 4.81. The van der Waals surface area contributed by atoms with Gasteiger partial charge in [-0.2, -0.15) is 0 Å². The molecular weight excluding hydrogens is 215 g/mol. The lowest BCUT2D eigenvalue weighted by Crippen LogP contribution is -2.30. The van der Waals surface area contributed by atoms with Crippen LogP contribution in [0.4, 0.5) is 4.39 Å². The van der Waals surface area contributed by atoms with Crippen LogP contribution in [0, 0.1) is 5.82 Å². The molecule has 1 aliphatic rings. The van der Waals surface area contributed by atoms with Crippen molar-refractivity contribution in [3.05, 3.63) is 29.6 Å². The van der Waals surface area contributed by atoms with E-state index in [-0.39, 0.29) is 5.82 Å². The Morgan fingerprint density at radius 3 is 2.80 bits per heavy atom. The molecule has 2 rings (SSSR count). The smallest absolute Gasteiger partial charge is 0.137 e. The van der Waals surface area contributed by atoms with E-state index in [2.05, 4.69) is 0 Å². The van der Waals surface area contributed by atoms with E-state index >= 15 is 0 Å². The largest absolute Gasteiger partial charge is 0.389 e. The molecule has 0 amide bonds. The van der Waals surface area contributed by atoms with Crippen LogP contribution in [0.15, 0.2) is 23.1 Å². The van der Waals surface area contributed by atoms with Gasteiger partial charge < -0.3 is 9.84 Å². The molecule has 0 bridgehead atoms. The minimum Gasteiger partial charge on any atom is -0.389 e. The van der Waals surface area contributed by atoms with Gasteiger partial charge in [0.2, 0.25) is 0 Å². The van der Waals surface area contributed by atoms with E-state index in [4.69, 9.17) is 4.74 Å². The molecule has 1 saturated heterocycles. The van der Waals surface area contributed by atoms with Crippen molar-refractivity contribution in [1.29, 1.82) is 0 Å². The number of ether oxygens (including phenoxy) is 1. The fourth-order valence-corrected chi connectivity index (χ4v) is 2.64. The second-order valence-electron chi connectivity index (χ2n) is 3.61. The molecule has 1 atom stereocenters. The third-order valence-corrected chi connectivity index (χ3v) is 3.61. The SMILES string of the molecule is C[C@@H](O)c1cccc(F)c1SC1COC1. The number of rotatable bonds is 3. The fourth-order valence-electron chi connectivity index (χ4n) is 1.43. The van der Waals surface area contributed by atoms with Gasteiger partial charge in [-0.3, -0.25) is 0 Å². The van der Waals surface area contributed by atoms with Gasteiger partial charge in [0.25, 0.3) is 0 Å². The maximum absolute atomic E-state index is 13.6. The van der Waals surface area contributed by atoms with Crippen LogP contribution in [-0.2, 0) is 4.74 Å². The molecule has 0 aromatic heterocycles. The van der Waals surface area contributed by atoms with E-state index in [0.717, 1.165) is 0 Å². The number of benzene rings is 1. The first kappa shape index (κ1) is 10.9. The molecule has 1 aliphatic heterocycles. The minimum absolute atomic E-state index is 0.259. The number of hydrogen-bond donors (Lipinski definition) is 1. The molecule has 0 spiro atoms. The van der Waals surface area contributed by atoms with Gasteiger partial charge in [-0.05, 0) is 18.6 Å². The van der Waals surface area contributed by atoms with Crippen molar-refractivity contribution >= 4 is 11.8 Å². The maximum atomic E-state index is 13.6. The van der Waals surface area contributed by atoms with Crippen molar-refractivity contribution in [1.82, 2.24) is 0 Å². The summed E-state index contributed by atoms with van der Waals surface area (Å²) >= 11 is 1.45. The third-order valence-electron chi connectivity index (χ3n) is 2.34. The van der Waals surface area contributed by atoms with Crippen LogP contribution in [0.2, 0.25) is 0 Å². The van der Waals surface area contributed by atoms with Crippen molar-refractivity contribution in [2.24, 2.45) is 0 Å². The first-order valence-electron chi connectivity index (χ1n) is 4.89. The number of aliphatic hydroxyl groups is 1. The van der Waals surface area contributed by atoms with E-state index in [9.17, 15) is 9.50 Å². The number of aliphatic hydroxyl groups excluding tert-OH is 1. The van der Waals surface area contributed by atoms with Crippen molar-refractivity contribution < 1.29 is 14.2 Å². The van der Waals surface area contributed by atoms with Crippen LogP contribution in [0.25, 0.3) is 0 Å². The van der Waals surface area contributed by atoms with Crippen LogP contribution >= 0.6 is 11.8 Å². The maximum Gasteiger partial charge on any atom is 0.137 e. The zero-order valence-electron chi connectivity index (χ0n) is 8.44.